The predicted molar refractivity (Wildman–Crippen MR) is 90.5 cm³/mol. The van der Waals surface area contributed by atoms with Crippen molar-refractivity contribution in [1.29, 1.82) is 0 Å². The van der Waals surface area contributed by atoms with E-state index in [4.69, 9.17) is 9.72 Å². The zero-order chi connectivity index (χ0) is 15.6. The van der Waals surface area contributed by atoms with Crippen molar-refractivity contribution in [3.8, 4) is 0 Å². The Balaban J connectivity index is 1.30. The molecule has 1 saturated carbocycles. The Morgan fingerprint density at radius 1 is 1.39 bits per heavy atom. The normalized spacial score (nSPS) is 24.4. The summed E-state index contributed by atoms with van der Waals surface area (Å²) in [5, 5.41) is 11.5. The van der Waals surface area contributed by atoms with Crippen LogP contribution in [-0.2, 0) is 17.8 Å². The third kappa shape index (κ3) is 3.49. The Morgan fingerprint density at radius 2 is 2.30 bits per heavy atom. The minimum absolute atomic E-state index is 0.181. The fourth-order valence-electron chi connectivity index (χ4n) is 3.22. The van der Waals surface area contributed by atoms with Crippen molar-refractivity contribution in [3.05, 3.63) is 34.0 Å². The molecule has 2 aromatic rings. The molecule has 2 unspecified atom stereocenters. The van der Waals surface area contributed by atoms with Gasteiger partial charge in [-0.15, -0.1) is 11.3 Å². The number of ether oxygens (including phenoxy) is 1. The Kier molecular flexibility index (Phi) is 4.46. The topological polar surface area (TPSA) is 52.0 Å². The van der Waals surface area contributed by atoms with Crippen LogP contribution in [0.2, 0.25) is 0 Å². The quantitative estimate of drug-likeness (QED) is 0.846. The van der Waals surface area contributed by atoms with E-state index in [1.165, 1.54) is 29.1 Å². The minimum atomic E-state index is 0.181. The van der Waals surface area contributed by atoms with Gasteiger partial charge in [-0.25, -0.2) is 4.98 Å². The number of nitrogens with zero attached hydrogens (tertiary/aromatic N) is 3. The number of nitrogens with one attached hydrogen (secondary N) is 1. The molecule has 5 nitrogen and oxygen atoms in total. The van der Waals surface area contributed by atoms with Crippen molar-refractivity contribution in [3.63, 3.8) is 0 Å². The van der Waals surface area contributed by atoms with E-state index >= 15 is 0 Å². The molecule has 4 rings (SSSR count). The lowest BCUT2D eigenvalue weighted by Gasteiger charge is -2.17. The summed E-state index contributed by atoms with van der Waals surface area (Å²) in [7, 11) is 0. The lowest BCUT2D eigenvalue weighted by molar-refractivity contribution is 0.0903. The van der Waals surface area contributed by atoms with Crippen molar-refractivity contribution >= 4 is 11.3 Å². The molecule has 0 aromatic carbocycles. The summed E-state index contributed by atoms with van der Waals surface area (Å²) < 4.78 is 7.92. The van der Waals surface area contributed by atoms with Crippen LogP contribution < -0.4 is 5.32 Å². The van der Waals surface area contributed by atoms with Gasteiger partial charge in [0.1, 0.15) is 0 Å². The number of hydrogen-bond donors (Lipinski definition) is 1. The number of aryl methyl sites for hydroxylation is 1. The molecule has 0 spiro atoms. The first kappa shape index (κ1) is 15.3. The van der Waals surface area contributed by atoms with E-state index in [0.717, 1.165) is 38.6 Å². The van der Waals surface area contributed by atoms with Crippen LogP contribution >= 0.6 is 11.3 Å². The zero-order valence-electron chi connectivity index (χ0n) is 13.6. The van der Waals surface area contributed by atoms with Crippen molar-refractivity contribution in [2.24, 2.45) is 5.92 Å². The second-order valence-electron chi connectivity index (χ2n) is 6.55. The van der Waals surface area contributed by atoms with Gasteiger partial charge in [-0.1, -0.05) is 0 Å². The molecule has 124 valence electrons. The van der Waals surface area contributed by atoms with Crippen LogP contribution in [0, 0.1) is 5.92 Å². The van der Waals surface area contributed by atoms with Gasteiger partial charge in [0.05, 0.1) is 23.0 Å². The van der Waals surface area contributed by atoms with Crippen LogP contribution in [0.25, 0.3) is 0 Å². The second kappa shape index (κ2) is 6.71. The van der Waals surface area contributed by atoms with E-state index < -0.39 is 0 Å². The number of aromatic nitrogens is 3. The second-order valence-corrected chi connectivity index (χ2v) is 7.44. The molecule has 2 aromatic heterocycles. The van der Waals surface area contributed by atoms with Crippen LogP contribution in [0.15, 0.2) is 17.8 Å². The van der Waals surface area contributed by atoms with Gasteiger partial charge in [-0.3, -0.25) is 4.68 Å². The molecule has 6 heteroatoms. The molecule has 0 bridgehead atoms. The Hall–Kier alpha value is -1.24. The monoisotopic (exact) mass is 332 g/mol. The first-order chi connectivity index (χ1) is 11.3. The minimum Gasteiger partial charge on any atom is -0.373 e. The number of rotatable bonds is 7. The molecular formula is C17H24N4OS. The third-order valence-electron chi connectivity index (χ3n) is 4.73. The van der Waals surface area contributed by atoms with Crippen LogP contribution in [0.5, 0.6) is 0 Å². The number of hydrogen-bond acceptors (Lipinski definition) is 5. The predicted octanol–water partition coefficient (Wildman–Crippen LogP) is 3.10. The Bertz CT molecular complexity index is 649. The molecule has 2 atom stereocenters. The van der Waals surface area contributed by atoms with E-state index in [1.807, 2.05) is 22.2 Å². The summed E-state index contributed by atoms with van der Waals surface area (Å²) >= 11 is 1.82. The molecular weight excluding hydrogens is 308 g/mol. The summed E-state index contributed by atoms with van der Waals surface area (Å²) in [6.45, 7) is 5.69. The standard InChI is InChI=1S/C17H24N4OS/c1-2-21-10-14(8-19-21)16-13(5-6-22-16)7-18-9-15-11-23-17(20-15)12-3-4-12/h8,10-13,16,18H,2-7,9H2,1H3. The first-order valence-corrected chi connectivity index (χ1v) is 9.50. The highest BCUT2D eigenvalue weighted by Crippen LogP contribution is 2.41. The number of thiazole rings is 1. The summed E-state index contributed by atoms with van der Waals surface area (Å²) in [6.07, 6.45) is 8.01. The van der Waals surface area contributed by atoms with E-state index in [2.05, 4.69) is 28.9 Å². The Labute approximate surface area is 141 Å². The molecule has 1 N–H and O–H groups in total. The van der Waals surface area contributed by atoms with Gasteiger partial charge in [-0.05, 0) is 26.2 Å². The van der Waals surface area contributed by atoms with Crippen LogP contribution in [0.4, 0.5) is 0 Å². The van der Waals surface area contributed by atoms with E-state index in [9.17, 15) is 0 Å². The van der Waals surface area contributed by atoms with Crippen molar-refractivity contribution < 1.29 is 4.74 Å². The Morgan fingerprint density at radius 3 is 3.09 bits per heavy atom. The summed E-state index contributed by atoms with van der Waals surface area (Å²) in [6, 6.07) is 0. The van der Waals surface area contributed by atoms with E-state index in [-0.39, 0.29) is 6.10 Å². The summed E-state index contributed by atoms with van der Waals surface area (Å²) in [4.78, 5) is 4.74. The van der Waals surface area contributed by atoms with Gasteiger partial charge in [0.25, 0.3) is 0 Å². The average Bonchev–Trinajstić information content (AvgIpc) is 2.99. The van der Waals surface area contributed by atoms with Gasteiger partial charge >= 0.3 is 0 Å². The van der Waals surface area contributed by atoms with Gasteiger partial charge < -0.3 is 10.1 Å². The molecule has 1 aliphatic carbocycles. The van der Waals surface area contributed by atoms with Crippen molar-refractivity contribution in [2.45, 2.75) is 51.3 Å². The highest BCUT2D eigenvalue weighted by Gasteiger charge is 2.30. The molecule has 0 amide bonds. The summed E-state index contributed by atoms with van der Waals surface area (Å²) in [5.41, 5.74) is 2.40. The van der Waals surface area contributed by atoms with Crippen molar-refractivity contribution in [2.75, 3.05) is 13.2 Å². The fourth-order valence-corrected chi connectivity index (χ4v) is 4.21. The summed E-state index contributed by atoms with van der Waals surface area (Å²) in [5.74, 6) is 1.28. The van der Waals surface area contributed by atoms with Gasteiger partial charge in [0.15, 0.2) is 0 Å². The largest absolute Gasteiger partial charge is 0.373 e. The van der Waals surface area contributed by atoms with Crippen LogP contribution in [0.1, 0.15) is 54.5 Å². The zero-order valence-corrected chi connectivity index (χ0v) is 14.4. The maximum atomic E-state index is 5.95. The maximum absolute atomic E-state index is 5.95. The van der Waals surface area contributed by atoms with Gasteiger partial charge in [0, 0.05) is 55.2 Å². The van der Waals surface area contributed by atoms with Crippen LogP contribution in [0.3, 0.4) is 0 Å². The lowest BCUT2D eigenvalue weighted by atomic mass is 9.97. The van der Waals surface area contributed by atoms with Gasteiger partial charge in [-0.2, -0.15) is 5.10 Å². The average molecular weight is 332 g/mol. The molecule has 3 heterocycles. The first-order valence-electron chi connectivity index (χ1n) is 8.62. The highest BCUT2D eigenvalue weighted by molar-refractivity contribution is 7.09. The third-order valence-corrected chi connectivity index (χ3v) is 5.78. The molecule has 1 aliphatic heterocycles. The molecule has 0 radical (unpaired) electrons. The molecule has 23 heavy (non-hydrogen) atoms. The SMILES string of the molecule is CCn1cc(C2OCCC2CNCc2csc(C3CC3)n2)cn1. The molecule has 1 saturated heterocycles. The molecule has 2 aliphatic rings. The maximum Gasteiger partial charge on any atom is 0.0959 e. The van der Waals surface area contributed by atoms with E-state index in [0.29, 0.717) is 5.92 Å². The van der Waals surface area contributed by atoms with Crippen molar-refractivity contribution in [1.82, 2.24) is 20.1 Å². The smallest absolute Gasteiger partial charge is 0.0959 e. The highest BCUT2D eigenvalue weighted by atomic mass is 32.1. The van der Waals surface area contributed by atoms with Gasteiger partial charge in [0.2, 0.25) is 0 Å². The fraction of sp³-hybridized carbons (Fsp3) is 0.647. The lowest BCUT2D eigenvalue weighted by Crippen LogP contribution is -2.24. The van der Waals surface area contributed by atoms with E-state index in [1.54, 1.807) is 0 Å². The molecule has 2 fully saturated rings. The van der Waals surface area contributed by atoms with Crippen LogP contribution in [-0.4, -0.2) is 27.9 Å².